The third kappa shape index (κ3) is 5.02. The first kappa shape index (κ1) is 24.0. The second-order valence-corrected chi connectivity index (χ2v) is 8.04. The molecule has 2 unspecified atom stereocenters. The molecule has 0 bridgehead atoms. The van der Waals surface area contributed by atoms with E-state index in [4.69, 9.17) is 19.0 Å². The summed E-state index contributed by atoms with van der Waals surface area (Å²) in [6, 6.07) is 14.9. The highest BCUT2D eigenvalue weighted by atomic mass is 16.5. The van der Waals surface area contributed by atoms with Crippen molar-refractivity contribution in [1.82, 2.24) is 15.6 Å². The minimum Gasteiger partial charge on any atom is -0.476 e. The number of carboxylic acid groups (broad SMARTS) is 1. The van der Waals surface area contributed by atoms with E-state index in [1.165, 1.54) is 7.11 Å². The standard InChI is InChI=1S/C25H25N3O7/c1-14(33-2)21(23(29)26-11-20-22(24(30)31)27-13-35-20)28-25(32)34-12-19-17-9-5-3-7-15(17)16-8-4-6-10-18(16)19/h3-10,13-14,19,21H,11-12H2,1-2H3,(H,26,29)(H,28,32)(H,30,31). The summed E-state index contributed by atoms with van der Waals surface area (Å²) in [6.07, 6.45) is -0.485. The van der Waals surface area contributed by atoms with E-state index in [-0.39, 0.29) is 30.5 Å². The summed E-state index contributed by atoms with van der Waals surface area (Å²) in [5, 5.41) is 14.2. The largest absolute Gasteiger partial charge is 0.476 e. The molecule has 0 saturated carbocycles. The number of nitrogens with one attached hydrogen (secondary N) is 2. The minimum absolute atomic E-state index is 0.0178. The number of carbonyl (C=O) groups is 3. The number of methoxy groups -OCH3 is 1. The molecule has 2 aromatic carbocycles. The molecule has 3 N–H and O–H groups in total. The van der Waals surface area contributed by atoms with E-state index in [0.717, 1.165) is 28.6 Å². The first-order chi connectivity index (χ1) is 16.9. The maximum atomic E-state index is 12.8. The number of carboxylic acids is 1. The van der Waals surface area contributed by atoms with Crippen molar-refractivity contribution >= 4 is 18.0 Å². The molecule has 0 fully saturated rings. The first-order valence-corrected chi connectivity index (χ1v) is 11.0. The molecule has 1 aliphatic rings. The van der Waals surface area contributed by atoms with Gasteiger partial charge in [-0.15, -0.1) is 0 Å². The predicted molar refractivity (Wildman–Crippen MR) is 124 cm³/mol. The van der Waals surface area contributed by atoms with Crippen molar-refractivity contribution in [3.05, 3.63) is 77.5 Å². The fraction of sp³-hybridized carbons (Fsp3) is 0.280. The van der Waals surface area contributed by atoms with Gasteiger partial charge in [0.05, 0.1) is 12.6 Å². The number of hydrogen-bond acceptors (Lipinski definition) is 7. The van der Waals surface area contributed by atoms with E-state index in [1.54, 1.807) is 6.92 Å². The van der Waals surface area contributed by atoms with E-state index in [1.807, 2.05) is 48.5 Å². The molecule has 1 heterocycles. The zero-order chi connectivity index (χ0) is 24.9. The van der Waals surface area contributed by atoms with Crippen LogP contribution < -0.4 is 10.6 Å². The van der Waals surface area contributed by atoms with Gasteiger partial charge in [-0.25, -0.2) is 14.6 Å². The molecular weight excluding hydrogens is 454 g/mol. The van der Waals surface area contributed by atoms with Crippen LogP contribution in [0, 0.1) is 0 Å². The molecule has 0 aliphatic heterocycles. The van der Waals surface area contributed by atoms with E-state index in [0.29, 0.717) is 0 Å². The van der Waals surface area contributed by atoms with Gasteiger partial charge in [-0.2, -0.15) is 0 Å². The van der Waals surface area contributed by atoms with Crippen LogP contribution in [-0.4, -0.2) is 53.9 Å². The average Bonchev–Trinajstić information content (AvgIpc) is 3.47. The summed E-state index contributed by atoms with van der Waals surface area (Å²) in [4.78, 5) is 40.2. The molecule has 1 aliphatic carbocycles. The van der Waals surface area contributed by atoms with Crippen LogP contribution in [0.3, 0.4) is 0 Å². The molecular formula is C25H25N3O7. The topological polar surface area (TPSA) is 140 Å². The second-order valence-electron chi connectivity index (χ2n) is 8.04. The summed E-state index contributed by atoms with van der Waals surface area (Å²) in [7, 11) is 1.41. The maximum absolute atomic E-state index is 12.8. The van der Waals surface area contributed by atoms with Gasteiger partial charge in [-0.05, 0) is 29.2 Å². The van der Waals surface area contributed by atoms with Crippen LogP contribution >= 0.6 is 0 Å². The number of amides is 2. The van der Waals surface area contributed by atoms with Gasteiger partial charge in [0.15, 0.2) is 17.8 Å². The normalized spacial score (nSPS) is 13.9. The zero-order valence-corrected chi connectivity index (χ0v) is 19.2. The van der Waals surface area contributed by atoms with Gasteiger partial charge in [0.1, 0.15) is 12.6 Å². The zero-order valence-electron chi connectivity index (χ0n) is 19.2. The summed E-state index contributed by atoms with van der Waals surface area (Å²) >= 11 is 0. The van der Waals surface area contributed by atoms with Gasteiger partial charge in [0.25, 0.3) is 0 Å². The van der Waals surface area contributed by atoms with Gasteiger partial charge in [0.2, 0.25) is 5.91 Å². The smallest absolute Gasteiger partial charge is 0.407 e. The van der Waals surface area contributed by atoms with Gasteiger partial charge in [-0.3, -0.25) is 4.79 Å². The number of aromatic nitrogens is 1. The number of alkyl carbamates (subject to hydrolysis) is 1. The number of fused-ring (bicyclic) bond motifs is 3. The van der Waals surface area contributed by atoms with Crippen molar-refractivity contribution in [3.63, 3.8) is 0 Å². The van der Waals surface area contributed by atoms with E-state index >= 15 is 0 Å². The Balaban J connectivity index is 1.40. The number of rotatable bonds is 9. The summed E-state index contributed by atoms with van der Waals surface area (Å²) in [5.74, 6) is -2.01. The monoisotopic (exact) mass is 479 g/mol. The number of carbonyl (C=O) groups excluding carboxylic acids is 2. The fourth-order valence-corrected chi connectivity index (χ4v) is 4.15. The molecule has 0 spiro atoms. The van der Waals surface area contributed by atoms with Crippen molar-refractivity contribution in [1.29, 1.82) is 0 Å². The Labute approximate surface area is 201 Å². The summed E-state index contributed by atoms with van der Waals surface area (Å²) in [6.45, 7) is 1.49. The van der Waals surface area contributed by atoms with Crippen molar-refractivity contribution in [2.75, 3.05) is 13.7 Å². The molecule has 2 amide bonds. The Morgan fingerprint density at radius 1 is 1.09 bits per heavy atom. The van der Waals surface area contributed by atoms with Crippen molar-refractivity contribution in [2.45, 2.75) is 31.5 Å². The number of oxazole rings is 1. The number of nitrogens with zero attached hydrogens (tertiary/aromatic N) is 1. The summed E-state index contributed by atoms with van der Waals surface area (Å²) in [5.41, 5.74) is 4.06. The van der Waals surface area contributed by atoms with Gasteiger partial charge in [-0.1, -0.05) is 48.5 Å². The van der Waals surface area contributed by atoms with Crippen molar-refractivity contribution in [3.8, 4) is 11.1 Å². The molecule has 4 rings (SSSR count). The second kappa shape index (κ2) is 10.4. The molecule has 182 valence electrons. The third-order valence-corrected chi connectivity index (χ3v) is 6.01. The highest BCUT2D eigenvalue weighted by molar-refractivity contribution is 5.88. The number of benzene rings is 2. The Morgan fingerprint density at radius 2 is 1.71 bits per heavy atom. The van der Waals surface area contributed by atoms with E-state index < -0.39 is 30.1 Å². The Bertz CT molecular complexity index is 1190. The van der Waals surface area contributed by atoms with Gasteiger partial charge < -0.3 is 29.6 Å². The number of ether oxygens (including phenoxy) is 2. The minimum atomic E-state index is -1.28. The van der Waals surface area contributed by atoms with Gasteiger partial charge >= 0.3 is 12.1 Å². The van der Waals surface area contributed by atoms with E-state index in [9.17, 15) is 14.4 Å². The van der Waals surface area contributed by atoms with Crippen LogP contribution in [0.15, 0.2) is 59.3 Å². The van der Waals surface area contributed by atoms with Crippen molar-refractivity contribution in [2.24, 2.45) is 0 Å². The van der Waals surface area contributed by atoms with Crippen LogP contribution in [-0.2, 0) is 20.8 Å². The highest BCUT2D eigenvalue weighted by Gasteiger charge is 2.31. The Hall–Kier alpha value is -4.18. The molecule has 1 aromatic heterocycles. The van der Waals surface area contributed by atoms with Crippen molar-refractivity contribution < 1.29 is 33.4 Å². The molecule has 0 saturated heterocycles. The van der Waals surface area contributed by atoms with Crippen LogP contribution in [0.4, 0.5) is 4.79 Å². The number of aromatic carboxylic acids is 1. The Morgan fingerprint density at radius 3 is 2.31 bits per heavy atom. The summed E-state index contributed by atoms with van der Waals surface area (Å²) < 4.78 is 15.8. The Kier molecular flexibility index (Phi) is 7.11. The quantitative estimate of drug-likeness (QED) is 0.426. The molecule has 35 heavy (non-hydrogen) atoms. The lowest BCUT2D eigenvalue weighted by atomic mass is 9.98. The molecule has 3 aromatic rings. The fourth-order valence-electron chi connectivity index (χ4n) is 4.15. The maximum Gasteiger partial charge on any atom is 0.407 e. The lowest BCUT2D eigenvalue weighted by Gasteiger charge is -2.23. The van der Waals surface area contributed by atoms with Crippen LogP contribution in [0.2, 0.25) is 0 Å². The average molecular weight is 479 g/mol. The SMILES string of the molecule is COC(C)C(NC(=O)OCC1c2ccccc2-c2ccccc21)C(=O)NCc1ocnc1C(=O)O. The molecule has 2 atom stereocenters. The number of hydrogen-bond donors (Lipinski definition) is 3. The first-order valence-electron chi connectivity index (χ1n) is 11.0. The highest BCUT2D eigenvalue weighted by Crippen LogP contribution is 2.44. The van der Waals surface area contributed by atoms with E-state index in [2.05, 4.69) is 15.6 Å². The lowest BCUT2D eigenvalue weighted by Crippen LogP contribution is -2.53. The van der Waals surface area contributed by atoms with Crippen LogP contribution in [0.1, 0.15) is 40.2 Å². The predicted octanol–water partition coefficient (Wildman–Crippen LogP) is 2.93. The van der Waals surface area contributed by atoms with Crippen LogP contribution in [0.25, 0.3) is 11.1 Å². The molecule has 0 radical (unpaired) electrons. The lowest BCUT2D eigenvalue weighted by molar-refractivity contribution is -0.126. The molecule has 10 heteroatoms. The van der Waals surface area contributed by atoms with Gasteiger partial charge in [0, 0.05) is 13.0 Å². The third-order valence-electron chi connectivity index (χ3n) is 6.01. The molecule has 10 nitrogen and oxygen atoms in total. The van der Waals surface area contributed by atoms with Crippen LogP contribution in [0.5, 0.6) is 0 Å².